The Bertz CT molecular complexity index is 723. The van der Waals surface area contributed by atoms with Crippen LogP contribution in [-0.4, -0.2) is 24.9 Å². The summed E-state index contributed by atoms with van der Waals surface area (Å²) < 4.78 is 0. The fourth-order valence-corrected chi connectivity index (χ4v) is 1.54. The molecular weight excluding hydrogens is 220 g/mol. The number of hydrogen-bond donors (Lipinski definition) is 3. The van der Waals surface area contributed by atoms with Crippen molar-refractivity contribution in [3.8, 4) is 11.4 Å². The molecule has 0 aliphatic heterocycles. The van der Waals surface area contributed by atoms with Gasteiger partial charge in [0.15, 0.2) is 11.5 Å². The molecule has 3 rings (SSSR count). The standard InChI is InChI=1S/C10H8N6O/c11-8-7-10(14-4-13-8)16-9(15-7)5-1-2-6(17)12-3-5/h1-4H,(H,12,17)(H3,11,13,14,15,16). The predicted molar refractivity (Wildman–Crippen MR) is 62.2 cm³/mol. The number of H-pyrrole nitrogens is 2. The lowest BCUT2D eigenvalue weighted by atomic mass is 10.3. The average Bonchev–Trinajstić information content (AvgIpc) is 2.75. The Morgan fingerprint density at radius 1 is 1.24 bits per heavy atom. The van der Waals surface area contributed by atoms with E-state index in [1.165, 1.54) is 12.4 Å². The van der Waals surface area contributed by atoms with Crippen molar-refractivity contribution in [2.45, 2.75) is 0 Å². The summed E-state index contributed by atoms with van der Waals surface area (Å²) in [6.45, 7) is 0. The van der Waals surface area contributed by atoms with E-state index in [-0.39, 0.29) is 5.56 Å². The van der Waals surface area contributed by atoms with Gasteiger partial charge in [0, 0.05) is 17.8 Å². The Hall–Kier alpha value is -2.70. The zero-order chi connectivity index (χ0) is 11.8. The molecular formula is C10H8N6O. The average molecular weight is 228 g/mol. The van der Waals surface area contributed by atoms with Crippen LogP contribution in [0.2, 0.25) is 0 Å². The van der Waals surface area contributed by atoms with E-state index in [2.05, 4.69) is 24.9 Å². The first-order valence-electron chi connectivity index (χ1n) is 4.89. The van der Waals surface area contributed by atoms with Crippen molar-refractivity contribution in [3.63, 3.8) is 0 Å². The first kappa shape index (κ1) is 9.52. The van der Waals surface area contributed by atoms with Gasteiger partial charge >= 0.3 is 0 Å². The number of aromatic amines is 2. The molecule has 0 saturated heterocycles. The van der Waals surface area contributed by atoms with E-state index >= 15 is 0 Å². The summed E-state index contributed by atoms with van der Waals surface area (Å²) in [5.74, 6) is 0.932. The zero-order valence-electron chi connectivity index (χ0n) is 8.64. The van der Waals surface area contributed by atoms with Crippen molar-refractivity contribution in [2.75, 3.05) is 5.73 Å². The summed E-state index contributed by atoms with van der Waals surface area (Å²) >= 11 is 0. The van der Waals surface area contributed by atoms with Crippen LogP contribution in [0.15, 0.2) is 29.5 Å². The number of nitrogens with one attached hydrogen (secondary N) is 2. The number of hydrogen-bond acceptors (Lipinski definition) is 5. The van der Waals surface area contributed by atoms with Gasteiger partial charge in [0.2, 0.25) is 5.56 Å². The maximum atomic E-state index is 11.0. The van der Waals surface area contributed by atoms with Crippen molar-refractivity contribution < 1.29 is 0 Å². The number of rotatable bonds is 1. The number of nitrogens with two attached hydrogens (primary N) is 1. The van der Waals surface area contributed by atoms with Gasteiger partial charge < -0.3 is 15.7 Å². The third-order valence-corrected chi connectivity index (χ3v) is 2.38. The summed E-state index contributed by atoms with van der Waals surface area (Å²) in [5, 5.41) is 0. The van der Waals surface area contributed by atoms with Gasteiger partial charge in [-0.05, 0) is 6.07 Å². The van der Waals surface area contributed by atoms with Crippen LogP contribution >= 0.6 is 0 Å². The summed E-state index contributed by atoms with van der Waals surface area (Å²) in [4.78, 5) is 28.7. The second kappa shape index (κ2) is 3.41. The highest BCUT2D eigenvalue weighted by molar-refractivity contribution is 5.83. The Morgan fingerprint density at radius 3 is 2.82 bits per heavy atom. The summed E-state index contributed by atoms with van der Waals surface area (Å²) in [7, 11) is 0. The lowest BCUT2D eigenvalue weighted by Gasteiger charge is -1.93. The van der Waals surface area contributed by atoms with E-state index < -0.39 is 0 Å². The van der Waals surface area contributed by atoms with Gasteiger partial charge in [0.1, 0.15) is 17.7 Å². The molecule has 0 aromatic carbocycles. The predicted octanol–water partition coefficient (Wildman–Crippen LogP) is 0.290. The second-order valence-corrected chi connectivity index (χ2v) is 3.48. The zero-order valence-corrected chi connectivity index (χ0v) is 8.64. The molecule has 0 aliphatic carbocycles. The minimum atomic E-state index is -0.163. The van der Waals surface area contributed by atoms with Gasteiger partial charge in [-0.3, -0.25) is 4.79 Å². The van der Waals surface area contributed by atoms with Gasteiger partial charge in [-0.15, -0.1) is 0 Å². The van der Waals surface area contributed by atoms with Gasteiger partial charge in [-0.1, -0.05) is 0 Å². The molecule has 0 amide bonds. The fourth-order valence-electron chi connectivity index (χ4n) is 1.54. The van der Waals surface area contributed by atoms with Crippen molar-refractivity contribution >= 4 is 17.0 Å². The maximum absolute atomic E-state index is 11.0. The van der Waals surface area contributed by atoms with Gasteiger partial charge in [0.05, 0.1) is 0 Å². The number of pyridine rings is 1. The smallest absolute Gasteiger partial charge is 0.247 e. The molecule has 0 unspecified atom stereocenters. The van der Waals surface area contributed by atoms with Gasteiger partial charge in [-0.2, -0.15) is 0 Å². The highest BCUT2D eigenvalue weighted by Gasteiger charge is 2.08. The quantitative estimate of drug-likeness (QED) is 0.554. The Balaban J connectivity index is 2.21. The Kier molecular flexibility index (Phi) is 1.91. The molecule has 3 aromatic rings. The lowest BCUT2D eigenvalue weighted by Crippen LogP contribution is -2.01. The lowest BCUT2D eigenvalue weighted by molar-refractivity contribution is 1.20. The van der Waals surface area contributed by atoms with E-state index in [9.17, 15) is 4.79 Å². The van der Waals surface area contributed by atoms with Gasteiger partial charge in [0.25, 0.3) is 0 Å². The first-order chi connectivity index (χ1) is 8.24. The highest BCUT2D eigenvalue weighted by Crippen LogP contribution is 2.19. The number of imidazole rings is 1. The molecule has 0 radical (unpaired) electrons. The fraction of sp³-hybridized carbons (Fsp3) is 0. The second-order valence-electron chi connectivity index (χ2n) is 3.48. The molecule has 0 aliphatic rings. The van der Waals surface area contributed by atoms with E-state index in [4.69, 9.17) is 5.73 Å². The summed E-state index contributed by atoms with van der Waals surface area (Å²) in [5.41, 5.74) is 7.37. The largest absolute Gasteiger partial charge is 0.382 e. The summed E-state index contributed by atoms with van der Waals surface area (Å²) in [6.07, 6.45) is 2.93. The molecule has 0 bridgehead atoms. The number of aromatic nitrogens is 5. The highest BCUT2D eigenvalue weighted by atomic mass is 16.1. The molecule has 17 heavy (non-hydrogen) atoms. The number of nitrogens with zero attached hydrogens (tertiary/aromatic N) is 3. The number of nitrogen functional groups attached to an aromatic ring is 1. The monoisotopic (exact) mass is 228 g/mol. The van der Waals surface area contributed by atoms with Crippen LogP contribution < -0.4 is 11.3 Å². The summed E-state index contributed by atoms with van der Waals surface area (Å²) in [6, 6.07) is 3.09. The molecule has 0 saturated carbocycles. The SMILES string of the molecule is Nc1ncnc2nc(-c3ccc(=O)[nH]c3)[nH]c12. The minimum Gasteiger partial charge on any atom is -0.382 e. The molecule has 7 nitrogen and oxygen atoms in total. The molecule has 3 heterocycles. The van der Waals surface area contributed by atoms with Crippen molar-refractivity contribution in [1.29, 1.82) is 0 Å². The molecule has 4 N–H and O–H groups in total. The third-order valence-electron chi connectivity index (χ3n) is 2.38. The van der Waals surface area contributed by atoms with Crippen LogP contribution in [0.3, 0.4) is 0 Å². The Morgan fingerprint density at radius 2 is 2.12 bits per heavy atom. The number of fused-ring (bicyclic) bond motifs is 1. The normalized spacial score (nSPS) is 10.8. The minimum absolute atomic E-state index is 0.163. The van der Waals surface area contributed by atoms with Crippen LogP contribution in [-0.2, 0) is 0 Å². The van der Waals surface area contributed by atoms with Crippen LogP contribution in [0.4, 0.5) is 5.82 Å². The molecule has 3 aromatic heterocycles. The van der Waals surface area contributed by atoms with Crippen LogP contribution in [0.1, 0.15) is 0 Å². The van der Waals surface area contributed by atoms with E-state index in [0.29, 0.717) is 22.8 Å². The van der Waals surface area contributed by atoms with Crippen LogP contribution in [0.25, 0.3) is 22.6 Å². The third kappa shape index (κ3) is 1.53. The molecule has 7 heteroatoms. The number of anilines is 1. The molecule has 0 fully saturated rings. The first-order valence-corrected chi connectivity index (χ1v) is 4.89. The molecule has 0 atom stereocenters. The molecule has 0 spiro atoms. The maximum Gasteiger partial charge on any atom is 0.247 e. The van der Waals surface area contributed by atoms with Crippen LogP contribution in [0, 0.1) is 0 Å². The Labute approximate surface area is 94.8 Å². The van der Waals surface area contributed by atoms with Crippen molar-refractivity contribution in [3.05, 3.63) is 35.0 Å². The van der Waals surface area contributed by atoms with Gasteiger partial charge in [-0.25, -0.2) is 15.0 Å². The topological polar surface area (TPSA) is 113 Å². The molecule has 84 valence electrons. The van der Waals surface area contributed by atoms with E-state index in [1.54, 1.807) is 12.3 Å². The van der Waals surface area contributed by atoms with Crippen molar-refractivity contribution in [2.24, 2.45) is 0 Å². The van der Waals surface area contributed by atoms with Crippen LogP contribution in [0.5, 0.6) is 0 Å². The van der Waals surface area contributed by atoms with E-state index in [0.717, 1.165) is 5.56 Å². The van der Waals surface area contributed by atoms with E-state index in [1.807, 2.05) is 0 Å². The van der Waals surface area contributed by atoms with Crippen molar-refractivity contribution in [1.82, 2.24) is 24.9 Å².